The van der Waals surface area contributed by atoms with Gasteiger partial charge in [-0.1, -0.05) is 0 Å². The summed E-state index contributed by atoms with van der Waals surface area (Å²) in [6.07, 6.45) is -3.53. The van der Waals surface area contributed by atoms with E-state index in [4.69, 9.17) is 9.68 Å². The minimum atomic E-state index is -4.78. The van der Waals surface area contributed by atoms with Gasteiger partial charge in [-0.25, -0.2) is 5.10 Å². The van der Waals surface area contributed by atoms with Crippen LogP contribution in [0.3, 0.4) is 0 Å². The molecule has 3 aromatic rings. The molecule has 0 bridgehead atoms. The summed E-state index contributed by atoms with van der Waals surface area (Å²) in [5.74, 6) is -0.127. The van der Waals surface area contributed by atoms with Crippen molar-refractivity contribution >= 4 is 23.0 Å². The highest BCUT2D eigenvalue weighted by Gasteiger charge is 2.37. The minimum Gasteiger partial charge on any atom is -0.423 e. The average Bonchev–Trinajstić information content (AvgIpc) is 3.50. The van der Waals surface area contributed by atoms with Gasteiger partial charge in [0.25, 0.3) is 11.6 Å². The molecule has 2 saturated heterocycles. The highest BCUT2D eigenvalue weighted by molar-refractivity contribution is 5.79. The number of piperazine rings is 1. The number of halogens is 3. The van der Waals surface area contributed by atoms with Gasteiger partial charge in [0.05, 0.1) is 29.9 Å². The van der Waals surface area contributed by atoms with Crippen molar-refractivity contribution in [1.29, 1.82) is 5.26 Å². The van der Waals surface area contributed by atoms with Gasteiger partial charge in [0, 0.05) is 26.2 Å². The van der Waals surface area contributed by atoms with Crippen LogP contribution in [0.5, 0.6) is 0 Å². The molecule has 1 unspecified atom stereocenters. The second-order valence-electron chi connectivity index (χ2n) is 8.82. The van der Waals surface area contributed by atoms with Crippen molar-refractivity contribution in [3.63, 3.8) is 0 Å². The smallest absolute Gasteiger partial charge is 0.421 e. The number of aromatic amines is 1. The molecule has 5 rings (SSSR count). The van der Waals surface area contributed by atoms with Gasteiger partial charge < -0.3 is 14.2 Å². The van der Waals surface area contributed by atoms with Crippen LogP contribution in [0, 0.1) is 11.3 Å². The first-order valence-electron chi connectivity index (χ1n) is 11.5. The standard InChI is InChI=1S/C23H22F3N7O3/c24-23(25,26)15-11-16(29-30-21(15)35)18-2-1-5-33(18)13-20(34)31-6-8-32(9-7-31)22-28-17-10-14(12-27)3-4-19(17)36-22/h3-4,10-11,18H,1-2,5-9,13H2,(H,30,35). The zero-order valence-corrected chi connectivity index (χ0v) is 19.1. The largest absolute Gasteiger partial charge is 0.423 e. The molecule has 188 valence electrons. The number of anilines is 1. The highest BCUT2D eigenvalue weighted by Crippen LogP contribution is 2.33. The molecule has 1 aromatic carbocycles. The van der Waals surface area contributed by atoms with E-state index in [0.29, 0.717) is 68.2 Å². The fraction of sp³-hybridized carbons (Fsp3) is 0.435. The summed E-state index contributed by atoms with van der Waals surface area (Å²) in [6.45, 7) is 2.48. The minimum absolute atomic E-state index is 0.0483. The van der Waals surface area contributed by atoms with E-state index in [0.717, 1.165) is 6.07 Å². The van der Waals surface area contributed by atoms with Crippen LogP contribution in [-0.2, 0) is 11.0 Å². The number of H-pyrrole nitrogens is 1. The summed E-state index contributed by atoms with van der Waals surface area (Å²) in [6, 6.07) is 7.81. The number of nitrogens with one attached hydrogen (secondary N) is 1. The number of carbonyl (C=O) groups excluding carboxylic acids is 1. The van der Waals surface area contributed by atoms with Crippen molar-refractivity contribution in [2.45, 2.75) is 25.1 Å². The average molecular weight is 501 g/mol. The van der Waals surface area contributed by atoms with E-state index in [-0.39, 0.29) is 18.1 Å². The summed E-state index contributed by atoms with van der Waals surface area (Å²) in [5, 5.41) is 14.8. The Morgan fingerprint density at radius 1 is 1.19 bits per heavy atom. The number of hydrogen-bond acceptors (Lipinski definition) is 8. The lowest BCUT2D eigenvalue weighted by atomic mass is 10.1. The predicted octanol–water partition coefficient (Wildman–Crippen LogP) is 2.29. The molecular weight excluding hydrogens is 479 g/mol. The number of alkyl halides is 3. The Kier molecular flexibility index (Phi) is 6.13. The molecule has 2 aromatic heterocycles. The topological polar surface area (TPSA) is 122 Å². The molecule has 13 heteroatoms. The second-order valence-corrected chi connectivity index (χ2v) is 8.82. The highest BCUT2D eigenvalue weighted by atomic mass is 19.4. The van der Waals surface area contributed by atoms with Crippen LogP contribution >= 0.6 is 0 Å². The molecule has 10 nitrogen and oxygen atoms in total. The molecule has 1 atom stereocenters. The Balaban J connectivity index is 1.22. The van der Waals surface area contributed by atoms with Crippen molar-refractivity contribution in [2.75, 3.05) is 44.2 Å². The Morgan fingerprint density at radius 3 is 2.69 bits per heavy atom. The Morgan fingerprint density at radius 2 is 1.97 bits per heavy atom. The van der Waals surface area contributed by atoms with Gasteiger partial charge in [0.1, 0.15) is 11.1 Å². The van der Waals surface area contributed by atoms with Gasteiger partial charge in [-0.3, -0.25) is 14.5 Å². The third kappa shape index (κ3) is 4.64. The van der Waals surface area contributed by atoms with Gasteiger partial charge in [-0.2, -0.15) is 28.5 Å². The van der Waals surface area contributed by atoms with Crippen molar-refractivity contribution in [3.8, 4) is 6.07 Å². The van der Waals surface area contributed by atoms with Gasteiger partial charge in [-0.05, 0) is 43.7 Å². The van der Waals surface area contributed by atoms with E-state index < -0.39 is 23.3 Å². The van der Waals surface area contributed by atoms with Crippen molar-refractivity contribution in [1.82, 2.24) is 25.0 Å². The van der Waals surface area contributed by atoms with Crippen LogP contribution in [0.2, 0.25) is 0 Å². The molecule has 2 fully saturated rings. The lowest BCUT2D eigenvalue weighted by Gasteiger charge is -2.35. The third-order valence-corrected chi connectivity index (χ3v) is 6.58. The first-order chi connectivity index (χ1) is 17.2. The van der Waals surface area contributed by atoms with Gasteiger partial charge in [0.2, 0.25) is 5.91 Å². The lowest BCUT2D eigenvalue weighted by Crippen LogP contribution is -2.51. The maximum atomic E-state index is 13.2. The summed E-state index contributed by atoms with van der Waals surface area (Å²) in [4.78, 5) is 34.5. The first kappa shape index (κ1) is 23.8. The number of nitriles is 1. The van der Waals surface area contributed by atoms with Crippen molar-refractivity contribution in [3.05, 3.63) is 51.4 Å². The van der Waals surface area contributed by atoms with Crippen molar-refractivity contribution in [2.24, 2.45) is 0 Å². The molecule has 0 radical (unpaired) electrons. The number of benzene rings is 1. The molecule has 2 aliphatic heterocycles. The number of likely N-dealkylation sites (tertiary alicyclic amines) is 1. The first-order valence-corrected chi connectivity index (χ1v) is 11.5. The fourth-order valence-corrected chi connectivity index (χ4v) is 4.69. The van der Waals surface area contributed by atoms with E-state index in [1.54, 1.807) is 23.1 Å². The van der Waals surface area contributed by atoms with E-state index >= 15 is 0 Å². The van der Waals surface area contributed by atoms with E-state index in [1.165, 1.54) is 0 Å². The van der Waals surface area contributed by atoms with E-state index in [2.05, 4.69) is 16.2 Å². The number of carbonyl (C=O) groups is 1. The quantitative estimate of drug-likeness (QED) is 0.578. The van der Waals surface area contributed by atoms with E-state index in [1.807, 2.05) is 14.9 Å². The summed E-state index contributed by atoms with van der Waals surface area (Å²) in [5.41, 5.74) is -0.810. The Bertz CT molecular complexity index is 1390. The SMILES string of the molecule is N#Cc1ccc2oc(N3CCN(C(=O)CN4CCCC4c4cc(C(F)(F)F)c(=O)[nH]n4)CC3)nc2c1. The summed E-state index contributed by atoms with van der Waals surface area (Å²) < 4.78 is 45.3. The number of hydrogen-bond donors (Lipinski definition) is 1. The normalized spacial score (nSPS) is 19.1. The predicted molar refractivity (Wildman–Crippen MR) is 121 cm³/mol. The number of aromatic nitrogens is 3. The third-order valence-electron chi connectivity index (χ3n) is 6.58. The lowest BCUT2D eigenvalue weighted by molar-refractivity contribution is -0.139. The second kappa shape index (κ2) is 9.27. The van der Waals surface area contributed by atoms with Gasteiger partial charge >= 0.3 is 6.18 Å². The van der Waals surface area contributed by atoms with Crippen LogP contribution in [0.4, 0.5) is 19.2 Å². The number of nitrogens with zero attached hydrogens (tertiary/aromatic N) is 6. The fourth-order valence-electron chi connectivity index (χ4n) is 4.69. The number of rotatable bonds is 4. The maximum Gasteiger partial charge on any atom is 0.421 e. The molecule has 0 aliphatic carbocycles. The van der Waals surface area contributed by atoms with E-state index in [9.17, 15) is 22.8 Å². The number of amides is 1. The van der Waals surface area contributed by atoms with Crippen LogP contribution in [0.25, 0.3) is 11.1 Å². The van der Waals surface area contributed by atoms with Gasteiger partial charge in [-0.15, -0.1) is 0 Å². The van der Waals surface area contributed by atoms with Crippen molar-refractivity contribution < 1.29 is 22.4 Å². The molecule has 0 spiro atoms. The molecule has 1 N–H and O–H groups in total. The molecular formula is C23H22F3N7O3. The molecule has 4 heterocycles. The molecule has 36 heavy (non-hydrogen) atoms. The Hall–Kier alpha value is -3.92. The monoisotopic (exact) mass is 501 g/mol. The Labute approximate surface area is 202 Å². The maximum absolute atomic E-state index is 13.2. The summed E-state index contributed by atoms with van der Waals surface area (Å²) >= 11 is 0. The van der Waals surface area contributed by atoms with Crippen LogP contribution in [-0.4, -0.2) is 70.2 Å². The zero-order chi connectivity index (χ0) is 25.4. The number of fused-ring (bicyclic) bond motifs is 1. The van der Waals surface area contributed by atoms with Crippen LogP contribution < -0.4 is 10.5 Å². The van der Waals surface area contributed by atoms with Crippen LogP contribution in [0.1, 0.15) is 35.7 Å². The molecule has 1 amide bonds. The van der Waals surface area contributed by atoms with Crippen LogP contribution in [0.15, 0.2) is 33.5 Å². The van der Waals surface area contributed by atoms with Gasteiger partial charge in [0.15, 0.2) is 5.58 Å². The summed E-state index contributed by atoms with van der Waals surface area (Å²) in [7, 11) is 0. The molecule has 0 saturated carbocycles. The number of oxazole rings is 1. The zero-order valence-electron chi connectivity index (χ0n) is 19.1. The molecule has 2 aliphatic rings.